The Labute approximate surface area is 188 Å². The summed E-state index contributed by atoms with van der Waals surface area (Å²) < 4.78 is 16.8. The normalized spacial score (nSPS) is 13.4. The Hall–Kier alpha value is -3.87. The lowest BCUT2D eigenvalue weighted by molar-refractivity contribution is 0.208. The van der Waals surface area contributed by atoms with E-state index in [-0.39, 0.29) is 6.03 Å². The van der Waals surface area contributed by atoms with Crippen LogP contribution in [0.1, 0.15) is 0 Å². The Morgan fingerprint density at radius 2 is 1.50 bits per heavy atom. The molecule has 0 spiro atoms. The highest BCUT2D eigenvalue weighted by Gasteiger charge is 2.24. The maximum Gasteiger partial charge on any atom is 0.322 e. The van der Waals surface area contributed by atoms with Crippen molar-refractivity contribution in [3.63, 3.8) is 0 Å². The zero-order chi connectivity index (χ0) is 22.3. The Morgan fingerprint density at radius 3 is 2.22 bits per heavy atom. The number of rotatable bonds is 6. The summed E-state index contributed by atoms with van der Waals surface area (Å²) >= 11 is 0. The number of piperazine rings is 1. The van der Waals surface area contributed by atoms with Crippen molar-refractivity contribution < 1.29 is 19.0 Å². The van der Waals surface area contributed by atoms with E-state index in [4.69, 9.17) is 14.2 Å². The molecule has 0 saturated carbocycles. The number of methoxy groups -OCH3 is 2. The minimum Gasteiger partial charge on any atom is -0.497 e. The number of nitrogens with one attached hydrogen (secondary N) is 1. The molecule has 7 heteroatoms. The van der Waals surface area contributed by atoms with Gasteiger partial charge in [-0.25, -0.2) is 4.79 Å². The van der Waals surface area contributed by atoms with Gasteiger partial charge in [-0.05, 0) is 36.4 Å². The molecule has 0 aliphatic carbocycles. The first-order valence-corrected chi connectivity index (χ1v) is 10.5. The molecule has 1 aliphatic heterocycles. The second-order valence-electron chi connectivity index (χ2n) is 7.35. The summed E-state index contributed by atoms with van der Waals surface area (Å²) in [5, 5.41) is 2.99. The topological polar surface area (TPSA) is 63.3 Å². The van der Waals surface area contributed by atoms with Gasteiger partial charge in [0.15, 0.2) is 5.75 Å². The van der Waals surface area contributed by atoms with Gasteiger partial charge in [-0.1, -0.05) is 30.3 Å². The van der Waals surface area contributed by atoms with Gasteiger partial charge in [-0.2, -0.15) is 0 Å². The van der Waals surface area contributed by atoms with Gasteiger partial charge in [0, 0.05) is 32.2 Å². The number of hydrogen-bond acceptors (Lipinski definition) is 5. The van der Waals surface area contributed by atoms with Crippen LogP contribution in [-0.4, -0.2) is 51.3 Å². The van der Waals surface area contributed by atoms with E-state index in [9.17, 15) is 4.79 Å². The number of carbonyl (C=O) groups is 1. The highest BCUT2D eigenvalue weighted by molar-refractivity contribution is 5.91. The molecule has 7 nitrogen and oxygen atoms in total. The Kier molecular flexibility index (Phi) is 6.65. The van der Waals surface area contributed by atoms with Crippen LogP contribution < -0.4 is 24.4 Å². The van der Waals surface area contributed by atoms with E-state index in [1.807, 2.05) is 77.7 Å². The average molecular weight is 434 g/mol. The summed E-state index contributed by atoms with van der Waals surface area (Å²) in [5.74, 6) is 2.83. The van der Waals surface area contributed by atoms with Crippen LogP contribution in [0.4, 0.5) is 16.2 Å². The van der Waals surface area contributed by atoms with Crippen LogP contribution in [0.5, 0.6) is 23.0 Å². The third-order valence-corrected chi connectivity index (χ3v) is 5.39. The van der Waals surface area contributed by atoms with Gasteiger partial charge in [0.05, 0.1) is 25.6 Å². The van der Waals surface area contributed by atoms with Crippen LogP contribution >= 0.6 is 0 Å². The second kappa shape index (κ2) is 9.96. The van der Waals surface area contributed by atoms with Crippen molar-refractivity contribution >= 4 is 17.4 Å². The minimum atomic E-state index is -0.143. The van der Waals surface area contributed by atoms with Gasteiger partial charge in [0.25, 0.3) is 0 Å². The summed E-state index contributed by atoms with van der Waals surface area (Å²) in [6, 6.07) is 22.6. The van der Waals surface area contributed by atoms with Crippen LogP contribution in [0.25, 0.3) is 0 Å². The molecule has 1 heterocycles. The van der Waals surface area contributed by atoms with Gasteiger partial charge in [0.1, 0.15) is 17.2 Å². The molecular weight excluding hydrogens is 406 g/mol. The zero-order valence-corrected chi connectivity index (χ0v) is 18.3. The van der Waals surface area contributed by atoms with Crippen LogP contribution in [0.15, 0.2) is 72.8 Å². The molecule has 166 valence electrons. The molecule has 0 unspecified atom stereocenters. The van der Waals surface area contributed by atoms with Crippen molar-refractivity contribution in [3.05, 3.63) is 72.8 Å². The molecule has 3 aromatic carbocycles. The fourth-order valence-corrected chi connectivity index (χ4v) is 3.67. The quantitative estimate of drug-likeness (QED) is 0.602. The lowest BCUT2D eigenvalue weighted by atomic mass is 10.2. The van der Waals surface area contributed by atoms with E-state index >= 15 is 0 Å². The van der Waals surface area contributed by atoms with E-state index in [2.05, 4.69) is 10.2 Å². The predicted molar refractivity (Wildman–Crippen MR) is 125 cm³/mol. The standard InChI is InChI=1S/C25H27N3O4/c1-30-20-12-13-22(24(18-20)31-2)27-14-16-28(17-15-27)25(29)26-21-10-6-7-11-23(21)32-19-8-4-3-5-9-19/h3-13,18H,14-17H2,1-2H3,(H,26,29). The number of urea groups is 1. The molecule has 2 amide bonds. The molecular formula is C25H27N3O4. The number of nitrogens with zero attached hydrogens (tertiary/aromatic N) is 2. The van der Waals surface area contributed by atoms with Crippen molar-refractivity contribution in [1.82, 2.24) is 4.90 Å². The molecule has 1 aliphatic rings. The molecule has 32 heavy (non-hydrogen) atoms. The number of para-hydroxylation sites is 3. The highest BCUT2D eigenvalue weighted by Crippen LogP contribution is 2.33. The fourth-order valence-electron chi connectivity index (χ4n) is 3.67. The first-order chi connectivity index (χ1) is 15.7. The monoisotopic (exact) mass is 433 g/mol. The van der Waals surface area contributed by atoms with Crippen molar-refractivity contribution in [1.29, 1.82) is 0 Å². The van der Waals surface area contributed by atoms with E-state index in [1.54, 1.807) is 14.2 Å². The largest absolute Gasteiger partial charge is 0.497 e. The molecule has 0 radical (unpaired) electrons. The summed E-state index contributed by atoms with van der Waals surface area (Å²) in [7, 11) is 3.28. The third kappa shape index (κ3) is 4.88. The van der Waals surface area contributed by atoms with Crippen molar-refractivity contribution in [2.45, 2.75) is 0 Å². The average Bonchev–Trinajstić information content (AvgIpc) is 2.85. The Balaban J connectivity index is 1.39. The number of hydrogen-bond donors (Lipinski definition) is 1. The SMILES string of the molecule is COc1ccc(N2CCN(C(=O)Nc3ccccc3Oc3ccccc3)CC2)c(OC)c1. The highest BCUT2D eigenvalue weighted by atomic mass is 16.5. The minimum absolute atomic E-state index is 0.143. The lowest BCUT2D eigenvalue weighted by Gasteiger charge is -2.36. The molecule has 4 rings (SSSR count). The smallest absolute Gasteiger partial charge is 0.322 e. The predicted octanol–water partition coefficient (Wildman–Crippen LogP) is 4.85. The fraction of sp³-hybridized carbons (Fsp3) is 0.240. The van der Waals surface area contributed by atoms with Crippen molar-refractivity contribution in [3.8, 4) is 23.0 Å². The summed E-state index contributed by atoms with van der Waals surface area (Å²) in [5.41, 5.74) is 1.63. The van der Waals surface area contributed by atoms with Crippen molar-refractivity contribution in [2.24, 2.45) is 0 Å². The van der Waals surface area contributed by atoms with Crippen LogP contribution in [0.2, 0.25) is 0 Å². The van der Waals surface area contributed by atoms with Gasteiger partial charge in [0.2, 0.25) is 0 Å². The molecule has 1 N–H and O–H groups in total. The molecule has 1 fully saturated rings. The summed E-state index contributed by atoms with van der Waals surface area (Å²) in [6.07, 6.45) is 0. The molecule has 0 atom stereocenters. The van der Waals surface area contributed by atoms with Crippen LogP contribution in [0, 0.1) is 0 Å². The number of carbonyl (C=O) groups excluding carboxylic acids is 1. The third-order valence-electron chi connectivity index (χ3n) is 5.39. The number of benzene rings is 3. The van der Waals surface area contributed by atoms with E-state index < -0.39 is 0 Å². The first kappa shape index (κ1) is 21.4. The van der Waals surface area contributed by atoms with Gasteiger partial charge in [-0.3, -0.25) is 0 Å². The molecule has 0 bridgehead atoms. The molecule has 1 saturated heterocycles. The van der Waals surface area contributed by atoms with Crippen LogP contribution in [-0.2, 0) is 0 Å². The summed E-state index contributed by atoms with van der Waals surface area (Å²) in [6.45, 7) is 2.61. The molecule has 3 aromatic rings. The zero-order valence-electron chi connectivity index (χ0n) is 18.3. The van der Waals surface area contributed by atoms with Gasteiger partial charge in [-0.15, -0.1) is 0 Å². The van der Waals surface area contributed by atoms with E-state index in [1.165, 1.54) is 0 Å². The van der Waals surface area contributed by atoms with E-state index in [0.717, 1.165) is 22.9 Å². The maximum atomic E-state index is 12.9. The first-order valence-electron chi connectivity index (χ1n) is 10.5. The number of amides is 2. The van der Waals surface area contributed by atoms with Crippen molar-refractivity contribution in [2.75, 3.05) is 50.6 Å². The molecule has 0 aromatic heterocycles. The van der Waals surface area contributed by atoms with Crippen LogP contribution in [0.3, 0.4) is 0 Å². The van der Waals surface area contributed by atoms with E-state index in [0.29, 0.717) is 37.6 Å². The Bertz CT molecular complexity index is 1050. The second-order valence-corrected chi connectivity index (χ2v) is 7.35. The number of anilines is 2. The maximum absolute atomic E-state index is 12.9. The lowest BCUT2D eigenvalue weighted by Crippen LogP contribution is -2.50. The summed E-state index contributed by atoms with van der Waals surface area (Å²) in [4.78, 5) is 16.9. The Morgan fingerprint density at radius 1 is 0.781 bits per heavy atom. The number of ether oxygens (including phenoxy) is 3. The van der Waals surface area contributed by atoms with Gasteiger partial charge < -0.3 is 29.3 Å². The van der Waals surface area contributed by atoms with Gasteiger partial charge >= 0.3 is 6.03 Å².